The van der Waals surface area contributed by atoms with Gasteiger partial charge in [-0.05, 0) is 74.9 Å². The number of carbonyl (C=O) groups excluding carboxylic acids is 1. The highest BCUT2D eigenvalue weighted by Gasteiger charge is 2.50. The molecule has 1 aliphatic heterocycles. The lowest BCUT2D eigenvalue weighted by molar-refractivity contribution is -0.145. The van der Waals surface area contributed by atoms with Crippen LogP contribution in [0.5, 0.6) is 5.75 Å². The summed E-state index contributed by atoms with van der Waals surface area (Å²) in [5, 5.41) is 0. The molecule has 1 amide bonds. The summed E-state index contributed by atoms with van der Waals surface area (Å²) in [7, 11) is -4.47. The van der Waals surface area contributed by atoms with Gasteiger partial charge in [-0.2, -0.15) is 13.5 Å². The van der Waals surface area contributed by atoms with E-state index in [9.17, 15) is 13.2 Å². The Hall–Kier alpha value is -2.08. The number of likely N-dealkylation sites (tertiary alicyclic amines) is 1. The average Bonchev–Trinajstić information content (AvgIpc) is 3.36. The molecule has 2 atom stereocenters. The van der Waals surface area contributed by atoms with E-state index in [1.165, 1.54) is 41.3 Å². The smallest absolute Gasteiger partial charge is 0.298 e. The summed E-state index contributed by atoms with van der Waals surface area (Å²) in [5.74, 6) is -4.32. The number of alkyl halides is 2. The summed E-state index contributed by atoms with van der Waals surface area (Å²) in [4.78, 5) is 14.3. The lowest BCUT2D eigenvalue weighted by atomic mass is 9.99. The molecule has 1 saturated carbocycles. The minimum Gasteiger partial charge on any atom is -0.490 e. The number of carbonyl (C=O) groups is 1. The number of rotatable bonds is 8. The SMILES string of the molecule is N[C@@H]1CCCN(C(=O)C(NS(=O)(=O)c2ccc(OC3CCCC3)cc2)C(F)(F)c2ccc(Br)cc2)C1. The van der Waals surface area contributed by atoms with Crippen LogP contribution < -0.4 is 15.2 Å². The Morgan fingerprint density at radius 2 is 1.69 bits per heavy atom. The molecule has 0 bridgehead atoms. The molecule has 2 aromatic carbocycles. The fourth-order valence-corrected chi connectivity index (χ4v) is 6.08. The molecule has 4 rings (SSSR count). The lowest BCUT2D eigenvalue weighted by Crippen LogP contribution is -2.58. The van der Waals surface area contributed by atoms with Gasteiger partial charge in [-0.3, -0.25) is 4.79 Å². The number of halogens is 3. The first-order valence-electron chi connectivity index (χ1n) is 12.0. The van der Waals surface area contributed by atoms with Crippen molar-refractivity contribution in [2.75, 3.05) is 13.1 Å². The molecule has 0 aromatic heterocycles. The van der Waals surface area contributed by atoms with E-state index < -0.39 is 33.5 Å². The molecule has 2 aromatic rings. The maximum Gasteiger partial charge on any atom is 0.298 e. The van der Waals surface area contributed by atoms with E-state index in [1.807, 2.05) is 4.72 Å². The van der Waals surface area contributed by atoms with Gasteiger partial charge < -0.3 is 15.4 Å². The highest BCUT2D eigenvalue weighted by Crippen LogP contribution is 2.35. The first-order valence-corrected chi connectivity index (χ1v) is 14.3. The van der Waals surface area contributed by atoms with Crippen LogP contribution in [-0.4, -0.2) is 50.5 Å². The van der Waals surface area contributed by atoms with E-state index in [1.54, 1.807) is 0 Å². The lowest BCUT2D eigenvalue weighted by Gasteiger charge is -2.36. The first-order chi connectivity index (χ1) is 17.1. The molecule has 0 radical (unpaired) electrons. The van der Waals surface area contributed by atoms with Crippen LogP contribution in [0.15, 0.2) is 57.9 Å². The van der Waals surface area contributed by atoms with Gasteiger partial charge in [-0.1, -0.05) is 28.1 Å². The molecule has 3 N–H and O–H groups in total. The number of nitrogens with two attached hydrogens (primary N) is 1. The largest absolute Gasteiger partial charge is 0.490 e. The van der Waals surface area contributed by atoms with Gasteiger partial charge in [-0.15, -0.1) is 0 Å². The number of benzene rings is 2. The van der Waals surface area contributed by atoms with E-state index >= 15 is 8.78 Å². The Labute approximate surface area is 218 Å². The van der Waals surface area contributed by atoms with Crippen LogP contribution in [0.3, 0.4) is 0 Å². The van der Waals surface area contributed by atoms with Crippen LogP contribution in [0.4, 0.5) is 8.78 Å². The van der Waals surface area contributed by atoms with E-state index in [-0.39, 0.29) is 30.1 Å². The molecule has 2 aliphatic rings. The number of nitrogens with one attached hydrogen (secondary N) is 1. The van der Waals surface area contributed by atoms with Crippen LogP contribution in [-0.2, 0) is 20.7 Å². The second kappa shape index (κ2) is 11.1. The summed E-state index contributed by atoms with van der Waals surface area (Å²) in [6.07, 6.45) is 5.37. The zero-order chi connectivity index (χ0) is 25.9. The van der Waals surface area contributed by atoms with E-state index in [2.05, 4.69) is 15.9 Å². The number of sulfonamides is 1. The van der Waals surface area contributed by atoms with Crippen molar-refractivity contribution in [2.45, 2.75) is 67.5 Å². The zero-order valence-electron chi connectivity index (χ0n) is 19.7. The van der Waals surface area contributed by atoms with Crippen LogP contribution >= 0.6 is 15.9 Å². The number of ether oxygens (including phenoxy) is 1. The Morgan fingerprint density at radius 1 is 1.06 bits per heavy atom. The summed E-state index contributed by atoms with van der Waals surface area (Å²) in [5.41, 5.74) is 5.48. The molecular formula is C25H30BrF2N3O4S. The summed E-state index contributed by atoms with van der Waals surface area (Å²) in [6, 6.07) is 8.05. The normalized spacial score (nSPS) is 20.3. The predicted octanol–water partition coefficient (Wildman–Crippen LogP) is 4.16. The van der Waals surface area contributed by atoms with Gasteiger partial charge >= 0.3 is 0 Å². The minimum atomic E-state index is -4.47. The van der Waals surface area contributed by atoms with Crippen LogP contribution in [0, 0.1) is 0 Å². The summed E-state index contributed by atoms with van der Waals surface area (Å²) in [6.45, 7) is 0.315. The fourth-order valence-electron chi connectivity index (χ4n) is 4.63. The van der Waals surface area contributed by atoms with Crippen molar-refractivity contribution in [1.82, 2.24) is 9.62 Å². The Morgan fingerprint density at radius 3 is 2.31 bits per heavy atom. The van der Waals surface area contributed by atoms with Crippen LogP contribution in [0.25, 0.3) is 0 Å². The number of piperidine rings is 1. The quantitative estimate of drug-likeness (QED) is 0.484. The van der Waals surface area contributed by atoms with Crippen molar-refractivity contribution in [1.29, 1.82) is 0 Å². The maximum absolute atomic E-state index is 15.8. The number of hydrogen-bond acceptors (Lipinski definition) is 5. The standard InChI is InChI=1S/C25H30BrF2N3O4S/c26-18-9-7-17(8-10-18)25(27,28)23(24(32)31-15-3-4-19(29)16-31)30-36(33,34)22-13-11-21(12-14-22)35-20-5-1-2-6-20/h7-14,19-20,23,30H,1-6,15-16,29H2/t19-,23?/m1/s1. The van der Waals surface area contributed by atoms with Crippen LogP contribution in [0.1, 0.15) is 44.1 Å². The molecule has 7 nitrogen and oxygen atoms in total. The van der Waals surface area contributed by atoms with Gasteiger partial charge in [0.15, 0.2) is 6.04 Å². The molecule has 36 heavy (non-hydrogen) atoms. The Kier molecular flexibility index (Phi) is 8.33. The Balaban J connectivity index is 1.60. The van der Waals surface area contributed by atoms with Crippen LogP contribution in [0.2, 0.25) is 0 Å². The second-order valence-corrected chi connectivity index (χ2v) is 12.0. The molecule has 1 unspecified atom stereocenters. The molecular weight excluding hydrogens is 556 g/mol. The van der Waals surface area contributed by atoms with E-state index in [4.69, 9.17) is 10.5 Å². The third kappa shape index (κ3) is 6.24. The monoisotopic (exact) mass is 585 g/mol. The zero-order valence-corrected chi connectivity index (χ0v) is 22.1. The molecule has 2 fully saturated rings. The first kappa shape index (κ1) is 27.0. The number of nitrogens with zero attached hydrogens (tertiary/aromatic N) is 1. The summed E-state index contributed by atoms with van der Waals surface area (Å²) >= 11 is 3.20. The number of hydrogen-bond donors (Lipinski definition) is 2. The third-order valence-corrected chi connectivity index (χ3v) is 8.59. The van der Waals surface area contributed by atoms with E-state index in [0.717, 1.165) is 37.8 Å². The number of amides is 1. The summed E-state index contributed by atoms with van der Waals surface area (Å²) < 4.78 is 66.3. The topological polar surface area (TPSA) is 102 Å². The van der Waals surface area contributed by atoms with Crippen molar-refractivity contribution in [2.24, 2.45) is 5.73 Å². The molecule has 1 saturated heterocycles. The maximum atomic E-state index is 15.8. The third-order valence-electron chi connectivity index (χ3n) is 6.62. The molecule has 1 heterocycles. The molecule has 11 heteroatoms. The fraction of sp³-hybridized carbons (Fsp3) is 0.480. The van der Waals surface area contributed by atoms with Crippen molar-refractivity contribution in [3.63, 3.8) is 0 Å². The van der Waals surface area contributed by atoms with E-state index in [0.29, 0.717) is 23.1 Å². The van der Waals surface area contributed by atoms with Gasteiger partial charge in [0.1, 0.15) is 5.75 Å². The van der Waals surface area contributed by atoms with Gasteiger partial charge in [0.25, 0.3) is 5.92 Å². The molecule has 196 valence electrons. The van der Waals surface area contributed by atoms with Crippen molar-refractivity contribution < 1.29 is 26.7 Å². The van der Waals surface area contributed by atoms with Gasteiger partial charge in [0, 0.05) is 29.2 Å². The van der Waals surface area contributed by atoms with Gasteiger partial charge in [-0.25, -0.2) is 8.42 Å². The van der Waals surface area contributed by atoms with Gasteiger partial charge in [0.2, 0.25) is 15.9 Å². The Bertz CT molecular complexity index is 1160. The van der Waals surface area contributed by atoms with Crippen molar-refractivity contribution in [3.05, 3.63) is 58.6 Å². The van der Waals surface area contributed by atoms with Crippen molar-refractivity contribution in [3.8, 4) is 5.75 Å². The highest BCUT2D eigenvalue weighted by molar-refractivity contribution is 9.10. The second-order valence-electron chi connectivity index (χ2n) is 9.37. The highest BCUT2D eigenvalue weighted by atomic mass is 79.9. The molecule has 0 spiro atoms. The average molecular weight is 586 g/mol. The van der Waals surface area contributed by atoms with Crippen molar-refractivity contribution >= 4 is 31.9 Å². The minimum absolute atomic E-state index is 0.0840. The van der Waals surface area contributed by atoms with Gasteiger partial charge in [0.05, 0.1) is 11.0 Å². The molecule has 1 aliphatic carbocycles. The predicted molar refractivity (Wildman–Crippen MR) is 135 cm³/mol.